The third-order valence-corrected chi connectivity index (χ3v) is 5.91. The topological polar surface area (TPSA) is 88.4 Å². The molecule has 158 valence electrons. The first-order chi connectivity index (χ1) is 14.8. The third-order valence-electron chi connectivity index (χ3n) is 4.54. The smallest absolute Gasteiger partial charge is 0.363 e. The first kappa shape index (κ1) is 20.5. The molecule has 4 aromatic rings. The van der Waals surface area contributed by atoms with Crippen LogP contribution in [0.1, 0.15) is 5.56 Å². The van der Waals surface area contributed by atoms with E-state index in [4.69, 9.17) is 4.42 Å². The Hall–Kier alpha value is -3.72. The van der Waals surface area contributed by atoms with E-state index in [1.54, 1.807) is 24.3 Å². The van der Waals surface area contributed by atoms with Crippen LogP contribution in [0.4, 0.5) is 20.2 Å². The molecule has 0 aliphatic carbocycles. The largest absolute Gasteiger partial charge is 0.421 e. The first-order valence-electron chi connectivity index (χ1n) is 9.17. The van der Waals surface area contributed by atoms with Crippen molar-refractivity contribution in [3.63, 3.8) is 0 Å². The molecular weight excluding hydrogens is 426 g/mol. The van der Waals surface area contributed by atoms with Crippen molar-refractivity contribution >= 4 is 32.4 Å². The van der Waals surface area contributed by atoms with Crippen LogP contribution in [0.5, 0.6) is 0 Å². The van der Waals surface area contributed by atoms with E-state index in [1.165, 1.54) is 0 Å². The fourth-order valence-corrected chi connectivity index (χ4v) is 4.24. The van der Waals surface area contributed by atoms with Crippen molar-refractivity contribution in [2.24, 2.45) is 0 Å². The van der Waals surface area contributed by atoms with E-state index in [-0.39, 0.29) is 17.8 Å². The van der Waals surface area contributed by atoms with Crippen LogP contribution >= 0.6 is 0 Å². The molecule has 9 heteroatoms. The third kappa shape index (κ3) is 4.26. The molecule has 0 bridgehead atoms. The second-order valence-corrected chi connectivity index (χ2v) is 8.31. The average Bonchev–Trinajstić information content (AvgIpc) is 2.76. The summed E-state index contributed by atoms with van der Waals surface area (Å²) in [6.45, 7) is 0.275. The Balaban J connectivity index is 1.82. The molecule has 1 aromatic heterocycles. The Kier molecular flexibility index (Phi) is 5.43. The van der Waals surface area contributed by atoms with Crippen molar-refractivity contribution in [2.75, 3.05) is 10.0 Å². The van der Waals surface area contributed by atoms with Crippen molar-refractivity contribution in [3.05, 3.63) is 100 Å². The van der Waals surface area contributed by atoms with Crippen LogP contribution in [0.15, 0.2) is 86.9 Å². The molecule has 0 radical (unpaired) electrons. The number of hydrogen-bond donors (Lipinski definition) is 2. The first-order valence-corrected chi connectivity index (χ1v) is 10.6. The summed E-state index contributed by atoms with van der Waals surface area (Å²) in [5.74, 6) is -2.09. The Morgan fingerprint density at radius 1 is 0.871 bits per heavy atom. The van der Waals surface area contributed by atoms with E-state index in [2.05, 4.69) is 10.0 Å². The molecule has 3 aromatic carbocycles. The molecular formula is C22H16F2N2O4S. The van der Waals surface area contributed by atoms with Crippen LogP contribution < -0.4 is 15.7 Å². The predicted octanol–water partition coefficient (Wildman–Crippen LogP) is 4.48. The highest BCUT2D eigenvalue weighted by Gasteiger charge is 2.25. The summed E-state index contributed by atoms with van der Waals surface area (Å²) in [6, 6.07) is 17.8. The molecule has 0 atom stereocenters. The van der Waals surface area contributed by atoms with Gasteiger partial charge in [0.2, 0.25) is 0 Å². The zero-order chi connectivity index (χ0) is 22.0. The number of benzene rings is 3. The Labute approximate surface area is 176 Å². The molecule has 0 aliphatic rings. The second kappa shape index (κ2) is 8.19. The number of hydrogen-bond acceptors (Lipinski definition) is 5. The van der Waals surface area contributed by atoms with E-state index in [0.717, 1.165) is 11.6 Å². The van der Waals surface area contributed by atoms with Crippen LogP contribution in [0.2, 0.25) is 0 Å². The molecule has 0 spiro atoms. The van der Waals surface area contributed by atoms with Gasteiger partial charge in [-0.25, -0.2) is 22.0 Å². The quantitative estimate of drug-likeness (QED) is 0.430. The zero-order valence-corrected chi connectivity index (χ0v) is 16.7. The molecule has 0 amide bonds. The number of nitrogens with one attached hydrogen (secondary N) is 2. The zero-order valence-electron chi connectivity index (χ0n) is 15.9. The summed E-state index contributed by atoms with van der Waals surface area (Å²) in [7, 11) is -4.63. The summed E-state index contributed by atoms with van der Waals surface area (Å²) < 4.78 is 60.5. The van der Waals surface area contributed by atoms with Crippen LogP contribution in [-0.4, -0.2) is 8.42 Å². The van der Waals surface area contributed by atoms with Crippen molar-refractivity contribution in [1.82, 2.24) is 0 Å². The van der Waals surface area contributed by atoms with Crippen molar-refractivity contribution < 1.29 is 21.6 Å². The molecule has 1 heterocycles. The van der Waals surface area contributed by atoms with Gasteiger partial charge in [0.15, 0.2) is 5.69 Å². The van der Waals surface area contributed by atoms with Crippen LogP contribution in [0.3, 0.4) is 0 Å². The van der Waals surface area contributed by atoms with E-state index >= 15 is 0 Å². The van der Waals surface area contributed by atoms with Crippen molar-refractivity contribution in [3.8, 4) is 0 Å². The monoisotopic (exact) mass is 442 g/mol. The molecule has 2 N–H and O–H groups in total. The Morgan fingerprint density at radius 2 is 1.58 bits per heavy atom. The molecule has 0 unspecified atom stereocenters. The highest BCUT2D eigenvalue weighted by Crippen LogP contribution is 2.31. The minimum atomic E-state index is -4.63. The van der Waals surface area contributed by atoms with Gasteiger partial charge in [-0.05, 0) is 35.9 Å². The number of rotatable bonds is 6. The minimum Gasteiger partial charge on any atom is -0.421 e. The lowest BCUT2D eigenvalue weighted by Crippen LogP contribution is -2.21. The van der Waals surface area contributed by atoms with E-state index in [9.17, 15) is 22.0 Å². The van der Waals surface area contributed by atoms with Gasteiger partial charge in [-0.1, -0.05) is 42.5 Å². The number of anilines is 2. The lowest BCUT2D eigenvalue weighted by atomic mass is 10.1. The number of para-hydroxylation sites is 1. The molecule has 31 heavy (non-hydrogen) atoms. The van der Waals surface area contributed by atoms with Crippen molar-refractivity contribution in [1.29, 1.82) is 0 Å². The van der Waals surface area contributed by atoms with Gasteiger partial charge in [-0.15, -0.1) is 0 Å². The van der Waals surface area contributed by atoms with E-state index in [1.807, 2.05) is 30.3 Å². The maximum Gasteiger partial charge on any atom is 0.363 e. The van der Waals surface area contributed by atoms with Gasteiger partial charge >= 0.3 is 5.63 Å². The average molecular weight is 442 g/mol. The Bertz CT molecular complexity index is 1420. The normalized spacial score (nSPS) is 11.4. The maximum atomic E-state index is 14.1. The lowest BCUT2D eigenvalue weighted by molar-refractivity contribution is 0.553. The fraction of sp³-hybridized carbons (Fsp3) is 0.0455. The second-order valence-electron chi connectivity index (χ2n) is 6.66. The van der Waals surface area contributed by atoms with Crippen molar-refractivity contribution in [2.45, 2.75) is 11.4 Å². The van der Waals surface area contributed by atoms with Gasteiger partial charge < -0.3 is 9.73 Å². The predicted molar refractivity (Wildman–Crippen MR) is 113 cm³/mol. The number of fused-ring (bicyclic) bond motifs is 1. The summed E-state index contributed by atoms with van der Waals surface area (Å²) in [5, 5.41) is 3.50. The molecule has 0 fully saturated rings. The van der Waals surface area contributed by atoms with Crippen LogP contribution in [-0.2, 0) is 16.6 Å². The summed E-state index contributed by atoms with van der Waals surface area (Å²) >= 11 is 0. The van der Waals surface area contributed by atoms with Crippen LogP contribution in [0, 0.1) is 11.6 Å². The number of halogens is 2. The van der Waals surface area contributed by atoms with Gasteiger partial charge in [0.25, 0.3) is 10.0 Å². The molecule has 0 saturated heterocycles. The van der Waals surface area contributed by atoms with E-state index in [0.29, 0.717) is 17.5 Å². The molecule has 0 aliphatic heterocycles. The minimum absolute atomic E-state index is 0.163. The van der Waals surface area contributed by atoms with Crippen LogP contribution in [0.25, 0.3) is 11.0 Å². The summed E-state index contributed by atoms with van der Waals surface area (Å²) in [4.78, 5) is 11.7. The molecule has 0 saturated carbocycles. The number of sulfonamides is 1. The Morgan fingerprint density at radius 3 is 2.35 bits per heavy atom. The summed E-state index contributed by atoms with van der Waals surface area (Å²) in [6.07, 6.45) is 0. The molecule has 4 rings (SSSR count). The van der Waals surface area contributed by atoms with Gasteiger partial charge in [0.1, 0.15) is 22.1 Å². The standard InChI is InChI=1S/C22H16F2N2O4S/c23-15-10-11-17(24)19(12-15)31(28,29)26-21-20(25-13-14-6-2-1-3-7-14)16-8-4-5-9-18(16)30-22(21)27/h1-12,25-26H,13H2. The van der Waals surface area contributed by atoms with Gasteiger partial charge in [-0.2, -0.15) is 0 Å². The van der Waals surface area contributed by atoms with Gasteiger partial charge in [0.05, 0.1) is 5.69 Å². The maximum absolute atomic E-state index is 14.1. The van der Waals surface area contributed by atoms with Gasteiger partial charge in [0, 0.05) is 11.9 Å². The summed E-state index contributed by atoms with van der Waals surface area (Å²) in [5.41, 5.74) is -0.128. The highest BCUT2D eigenvalue weighted by atomic mass is 32.2. The highest BCUT2D eigenvalue weighted by molar-refractivity contribution is 7.92. The fourth-order valence-electron chi connectivity index (χ4n) is 3.08. The SMILES string of the molecule is O=c1oc2ccccc2c(NCc2ccccc2)c1NS(=O)(=O)c1cc(F)ccc1F. The van der Waals surface area contributed by atoms with E-state index < -0.39 is 37.9 Å². The lowest BCUT2D eigenvalue weighted by Gasteiger charge is -2.15. The van der Waals surface area contributed by atoms with Gasteiger partial charge in [-0.3, -0.25) is 4.72 Å². The molecule has 6 nitrogen and oxygen atoms in total.